The Morgan fingerprint density at radius 3 is 2.50 bits per heavy atom. The van der Waals surface area contributed by atoms with E-state index in [4.69, 9.17) is 0 Å². The lowest BCUT2D eigenvalue weighted by molar-refractivity contribution is -0.120. The Balaban J connectivity index is 1.80. The van der Waals surface area contributed by atoms with E-state index in [0.29, 0.717) is 13.1 Å². The van der Waals surface area contributed by atoms with Gasteiger partial charge in [-0.3, -0.25) is 4.79 Å². The van der Waals surface area contributed by atoms with Gasteiger partial charge in [0.05, 0.1) is 12.6 Å². The molecule has 1 atom stereocenters. The van der Waals surface area contributed by atoms with E-state index in [9.17, 15) is 4.79 Å². The van der Waals surface area contributed by atoms with Crippen molar-refractivity contribution in [3.8, 4) is 0 Å². The number of benzene rings is 1. The summed E-state index contributed by atoms with van der Waals surface area (Å²) in [5.41, 5.74) is 2.59. The first-order chi connectivity index (χ1) is 10.6. The monoisotopic (exact) mass is 303 g/mol. The topological polar surface area (TPSA) is 44.4 Å². The third-order valence-electron chi connectivity index (χ3n) is 4.30. The molecule has 1 unspecified atom stereocenters. The second kappa shape index (κ2) is 8.30. The molecule has 1 saturated carbocycles. The molecule has 1 amide bonds. The van der Waals surface area contributed by atoms with Gasteiger partial charge in [0, 0.05) is 6.54 Å². The maximum atomic E-state index is 11.9. The molecule has 1 aromatic carbocycles. The van der Waals surface area contributed by atoms with E-state index in [1.165, 1.54) is 24.0 Å². The standard InChI is InChI=1S/C18H29N3O/c1-4-14-7-9-16(10-8-14)17(21(2)3)12-20-18(22)13-19-11-15-5-6-15/h7-10,15,17,19H,4-6,11-13H2,1-3H3,(H,20,22). The van der Waals surface area contributed by atoms with Crippen molar-refractivity contribution in [1.82, 2.24) is 15.5 Å². The van der Waals surface area contributed by atoms with Crippen molar-refractivity contribution in [3.63, 3.8) is 0 Å². The summed E-state index contributed by atoms with van der Waals surface area (Å²) in [5, 5.41) is 6.27. The van der Waals surface area contributed by atoms with Gasteiger partial charge in [-0.2, -0.15) is 0 Å². The Hall–Kier alpha value is -1.39. The summed E-state index contributed by atoms with van der Waals surface area (Å²) in [7, 11) is 4.10. The van der Waals surface area contributed by atoms with Crippen molar-refractivity contribution in [3.05, 3.63) is 35.4 Å². The highest BCUT2D eigenvalue weighted by Gasteiger charge is 2.21. The Morgan fingerprint density at radius 1 is 1.27 bits per heavy atom. The number of nitrogens with zero attached hydrogens (tertiary/aromatic N) is 1. The van der Waals surface area contributed by atoms with Crippen LogP contribution >= 0.6 is 0 Å². The zero-order chi connectivity index (χ0) is 15.9. The summed E-state index contributed by atoms with van der Waals surface area (Å²) in [4.78, 5) is 14.1. The number of likely N-dealkylation sites (N-methyl/N-ethyl adjacent to an activating group) is 1. The Labute approximate surface area is 134 Å². The van der Waals surface area contributed by atoms with Crippen molar-refractivity contribution >= 4 is 5.91 Å². The lowest BCUT2D eigenvalue weighted by atomic mass is 10.0. The van der Waals surface area contributed by atoms with Crippen LogP contribution in [0.2, 0.25) is 0 Å². The SMILES string of the molecule is CCc1ccc(C(CNC(=O)CNCC2CC2)N(C)C)cc1. The van der Waals surface area contributed by atoms with Crippen LogP contribution < -0.4 is 10.6 Å². The fourth-order valence-corrected chi connectivity index (χ4v) is 2.56. The number of carbonyl (C=O) groups is 1. The Kier molecular flexibility index (Phi) is 6.40. The number of hydrogen-bond acceptors (Lipinski definition) is 3. The minimum Gasteiger partial charge on any atom is -0.353 e. The summed E-state index contributed by atoms with van der Waals surface area (Å²) in [5.74, 6) is 0.886. The van der Waals surface area contributed by atoms with Gasteiger partial charge >= 0.3 is 0 Å². The van der Waals surface area contributed by atoms with E-state index in [-0.39, 0.29) is 11.9 Å². The van der Waals surface area contributed by atoms with E-state index < -0.39 is 0 Å². The molecule has 2 rings (SSSR count). The molecule has 4 heteroatoms. The molecule has 0 heterocycles. The molecule has 2 N–H and O–H groups in total. The Bertz CT molecular complexity index is 466. The van der Waals surface area contributed by atoms with Crippen LogP contribution in [0.3, 0.4) is 0 Å². The van der Waals surface area contributed by atoms with Crippen LogP contribution in [-0.4, -0.2) is 44.5 Å². The van der Waals surface area contributed by atoms with Gasteiger partial charge in [0.15, 0.2) is 0 Å². The molecule has 4 nitrogen and oxygen atoms in total. The number of aryl methyl sites for hydroxylation is 1. The lowest BCUT2D eigenvalue weighted by Gasteiger charge is -2.25. The maximum absolute atomic E-state index is 11.9. The van der Waals surface area contributed by atoms with Crippen LogP contribution in [0.25, 0.3) is 0 Å². The first kappa shape index (κ1) is 17.0. The third kappa shape index (κ3) is 5.43. The predicted molar refractivity (Wildman–Crippen MR) is 90.9 cm³/mol. The summed E-state index contributed by atoms with van der Waals surface area (Å²) in [6.45, 7) is 4.20. The van der Waals surface area contributed by atoms with Crippen LogP contribution in [0, 0.1) is 5.92 Å². The van der Waals surface area contributed by atoms with Gasteiger partial charge in [-0.25, -0.2) is 0 Å². The van der Waals surface area contributed by atoms with Crippen LogP contribution in [0.5, 0.6) is 0 Å². The largest absolute Gasteiger partial charge is 0.353 e. The maximum Gasteiger partial charge on any atom is 0.234 e. The second-order valence-corrected chi connectivity index (χ2v) is 6.45. The molecular weight excluding hydrogens is 274 g/mol. The van der Waals surface area contributed by atoms with Crippen molar-refractivity contribution in [2.24, 2.45) is 5.92 Å². The van der Waals surface area contributed by atoms with Crippen LogP contribution in [0.1, 0.15) is 36.9 Å². The predicted octanol–water partition coefficient (Wildman–Crippen LogP) is 1.97. The molecule has 0 radical (unpaired) electrons. The molecular formula is C18H29N3O. The average molecular weight is 303 g/mol. The molecule has 0 aliphatic heterocycles. The van der Waals surface area contributed by atoms with Gasteiger partial charge in [-0.05, 0) is 56.9 Å². The van der Waals surface area contributed by atoms with Gasteiger partial charge in [0.1, 0.15) is 0 Å². The molecule has 1 aliphatic rings. The first-order valence-corrected chi connectivity index (χ1v) is 8.32. The fraction of sp³-hybridized carbons (Fsp3) is 0.611. The van der Waals surface area contributed by atoms with Crippen molar-refractivity contribution in [2.45, 2.75) is 32.2 Å². The van der Waals surface area contributed by atoms with Crippen molar-refractivity contribution < 1.29 is 4.79 Å². The smallest absolute Gasteiger partial charge is 0.234 e. The van der Waals surface area contributed by atoms with Crippen molar-refractivity contribution in [2.75, 3.05) is 33.7 Å². The van der Waals surface area contributed by atoms with Gasteiger partial charge in [-0.15, -0.1) is 0 Å². The van der Waals surface area contributed by atoms with Gasteiger partial charge in [0.2, 0.25) is 5.91 Å². The van der Waals surface area contributed by atoms with Crippen LogP contribution in [0.15, 0.2) is 24.3 Å². The third-order valence-corrected chi connectivity index (χ3v) is 4.30. The molecule has 0 saturated heterocycles. The highest BCUT2D eigenvalue weighted by Crippen LogP contribution is 2.27. The summed E-state index contributed by atoms with van der Waals surface area (Å²) < 4.78 is 0. The number of amides is 1. The lowest BCUT2D eigenvalue weighted by Crippen LogP contribution is -2.39. The molecule has 0 spiro atoms. The van der Waals surface area contributed by atoms with E-state index in [0.717, 1.165) is 18.9 Å². The minimum atomic E-state index is 0.0812. The number of carbonyl (C=O) groups excluding carboxylic acids is 1. The molecule has 1 fully saturated rings. The van der Waals surface area contributed by atoms with Crippen molar-refractivity contribution in [1.29, 1.82) is 0 Å². The summed E-state index contributed by atoms with van der Waals surface area (Å²) in [6.07, 6.45) is 3.67. The quantitative estimate of drug-likeness (QED) is 0.733. The molecule has 1 aliphatic carbocycles. The van der Waals surface area contributed by atoms with E-state index >= 15 is 0 Å². The molecule has 0 aromatic heterocycles. The van der Waals surface area contributed by atoms with Gasteiger partial charge in [0.25, 0.3) is 0 Å². The highest BCUT2D eigenvalue weighted by molar-refractivity contribution is 5.78. The molecule has 22 heavy (non-hydrogen) atoms. The zero-order valence-corrected chi connectivity index (χ0v) is 14.1. The normalized spacial score (nSPS) is 15.8. The Morgan fingerprint density at radius 2 is 1.95 bits per heavy atom. The average Bonchev–Trinajstić information content (AvgIpc) is 3.32. The number of rotatable bonds is 9. The van der Waals surface area contributed by atoms with Crippen LogP contribution in [-0.2, 0) is 11.2 Å². The molecule has 122 valence electrons. The number of hydrogen-bond donors (Lipinski definition) is 2. The molecule has 1 aromatic rings. The van der Waals surface area contributed by atoms with Gasteiger partial charge < -0.3 is 15.5 Å². The fourth-order valence-electron chi connectivity index (χ4n) is 2.56. The summed E-state index contributed by atoms with van der Waals surface area (Å²) >= 11 is 0. The minimum absolute atomic E-state index is 0.0812. The van der Waals surface area contributed by atoms with E-state index in [1.54, 1.807) is 0 Å². The van der Waals surface area contributed by atoms with E-state index in [1.807, 2.05) is 0 Å². The van der Waals surface area contributed by atoms with E-state index in [2.05, 4.69) is 60.8 Å². The zero-order valence-electron chi connectivity index (χ0n) is 14.1. The van der Waals surface area contributed by atoms with Crippen LogP contribution in [0.4, 0.5) is 0 Å². The second-order valence-electron chi connectivity index (χ2n) is 6.45. The number of nitrogens with one attached hydrogen (secondary N) is 2. The first-order valence-electron chi connectivity index (χ1n) is 8.32. The highest BCUT2D eigenvalue weighted by atomic mass is 16.1. The molecule has 0 bridgehead atoms. The van der Waals surface area contributed by atoms with Gasteiger partial charge in [-0.1, -0.05) is 31.2 Å². The summed E-state index contributed by atoms with van der Waals surface area (Å²) in [6, 6.07) is 8.89.